The average Bonchev–Trinajstić information content (AvgIpc) is 2.99. The third-order valence-corrected chi connectivity index (χ3v) is 2.97. The second-order valence-electron chi connectivity index (χ2n) is 3.67. The molecule has 0 aromatic carbocycles. The number of thiazole rings is 1. The summed E-state index contributed by atoms with van der Waals surface area (Å²) in [4.78, 5) is 19.6. The molecule has 2 aromatic rings. The Bertz CT molecular complexity index is 552. The number of esters is 1. The summed E-state index contributed by atoms with van der Waals surface area (Å²) in [5.74, 6) is 0.792. The molecule has 0 aliphatic heterocycles. The largest absolute Gasteiger partial charge is 0.461 e. The molecule has 2 heterocycles. The fourth-order valence-corrected chi connectivity index (χ4v) is 2.08. The SMILES string of the molecule is CCOC(=O)c1csc(NCCc2nc(C)no2)n1. The number of nitrogens with zero attached hydrogens (tertiary/aromatic N) is 3. The maximum Gasteiger partial charge on any atom is 0.357 e. The molecule has 0 radical (unpaired) electrons. The van der Waals surface area contributed by atoms with Crippen LogP contribution in [0.2, 0.25) is 0 Å². The van der Waals surface area contributed by atoms with Gasteiger partial charge < -0.3 is 14.6 Å². The minimum Gasteiger partial charge on any atom is -0.461 e. The Labute approximate surface area is 114 Å². The van der Waals surface area contributed by atoms with Gasteiger partial charge in [0.1, 0.15) is 0 Å². The normalized spacial score (nSPS) is 10.4. The molecule has 2 aromatic heterocycles. The number of carbonyl (C=O) groups is 1. The molecule has 0 spiro atoms. The van der Waals surface area contributed by atoms with Crippen LogP contribution in [0.25, 0.3) is 0 Å². The predicted molar refractivity (Wildman–Crippen MR) is 69.3 cm³/mol. The number of ether oxygens (including phenoxy) is 1. The van der Waals surface area contributed by atoms with Crippen LogP contribution in [-0.2, 0) is 11.2 Å². The van der Waals surface area contributed by atoms with E-state index in [1.165, 1.54) is 11.3 Å². The molecular formula is C11H14N4O3S. The molecule has 0 saturated heterocycles. The molecule has 0 bridgehead atoms. The van der Waals surface area contributed by atoms with E-state index < -0.39 is 5.97 Å². The molecule has 0 amide bonds. The average molecular weight is 282 g/mol. The van der Waals surface area contributed by atoms with E-state index in [0.717, 1.165) is 0 Å². The van der Waals surface area contributed by atoms with Gasteiger partial charge in [0, 0.05) is 18.3 Å². The highest BCUT2D eigenvalue weighted by Gasteiger charge is 2.11. The van der Waals surface area contributed by atoms with Gasteiger partial charge in [0.25, 0.3) is 0 Å². The summed E-state index contributed by atoms with van der Waals surface area (Å²) in [6, 6.07) is 0. The maximum atomic E-state index is 11.4. The van der Waals surface area contributed by atoms with Crippen molar-refractivity contribution in [1.29, 1.82) is 0 Å². The first-order chi connectivity index (χ1) is 9.19. The first-order valence-corrected chi connectivity index (χ1v) is 6.72. The van der Waals surface area contributed by atoms with Gasteiger partial charge in [0.05, 0.1) is 6.61 Å². The van der Waals surface area contributed by atoms with E-state index >= 15 is 0 Å². The fraction of sp³-hybridized carbons (Fsp3) is 0.455. The van der Waals surface area contributed by atoms with Crippen LogP contribution in [0.4, 0.5) is 5.13 Å². The first kappa shape index (κ1) is 13.5. The summed E-state index contributed by atoms with van der Waals surface area (Å²) in [6.07, 6.45) is 0.606. The zero-order chi connectivity index (χ0) is 13.7. The minimum atomic E-state index is -0.403. The molecule has 0 aliphatic rings. The summed E-state index contributed by atoms with van der Waals surface area (Å²) >= 11 is 1.35. The van der Waals surface area contributed by atoms with E-state index in [2.05, 4.69) is 20.4 Å². The summed E-state index contributed by atoms with van der Waals surface area (Å²) in [6.45, 7) is 4.48. The highest BCUT2D eigenvalue weighted by atomic mass is 32.1. The van der Waals surface area contributed by atoms with Crippen molar-refractivity contribution in [3.05, 3.63) is 22.8 Å². The summed E-state index contributed by atoms with van der Waals surface area (Å²) in [5.41, 5.74) is 0.322. The minimum absolute atomic E-state index is 0.322. The summed E-state index contributed by atoms with van der Waals surface area (Å²) < 4.78 is 9.85. The van der Waals surface area contributed by atoms with Gasteiger partial charge in [-0.1, -0.05) is 5.16 Å². The van der Waals surface area contributed by atoms with Gasteiger partial charge in [-0.15, -0.1) is 11.3 Å². The topological polar surface area (TPSA) is 90.1 Å². The smallest absolute Gasteiger partial charge is 0.357 e. The number of anilines is 1. The third kappa shape index (κ3) is 3.75. The lowest BCUT2D eigenvalue weighted by atomic mass is 10.4. The van der Waals surface area contributed by atoms with Gasteiger partial charge in [-0.25, -0.2) is 9.78 Å². The lowest BCUT2D eigenvalue weighted by molar-refractivity contribution is 0.0520. The zero-order valence-corrected chi connectivity index (χ0v) is 11.5. The van der Waals surface area contributed by atoms with Crippen LogP contribution in [0.5, 0.6) is 0 Å². The molecule has 7 nitrogen and oxygen atoms in total. The van der Waals surface area contributed by atoms with Crippen molar-refractivity contribution in [2.45, 2.75) is 20.3 Å². The predicted octanol–water partition coefficient (Wildman–Crippen LogP) is 1.67. The van der Waals surface area contributed by atoms with Crippen molar-refractivity contribution in [3.63, 3.8) is 0 Å². The van der Waals surface area contributed by atoms with Gasteiger partial charge in [-0.2, -0.15) is 4.98 Å². The molecule has 0 saturated carbocycles. The number of nitrogens with one attached hydrogen (secondary N) is 1. The van der Waals surface area contributed by atoms with E-state index in [0.29, 0.717) is 42.1 Å². The summed E-state index contributed by atoms with van der Waals surface area (Å²) in [5, 5.41) is 9.12. The van der Waals surface area contributed by atoms with Crippen molar-refractivity contribution in [2.24, 2.45) is 0 Å². The van der Waals surface area contributed by atoms with Crippen LogP contribution < -0.4 is 5.32 Å². The number of hydrogen-bond donors (Lipinski definition) is 1. The quantitative estimate of drug-likeness (QED) is 0.806. The molecule has 2 rings (SSSR count). The van der Waals surface area contributed by atoms with Crippen molar-refractivity contribution < 1.29 is 14.1 Å². The molecular weight excluding hydrogens is 268 g/mol. The molecule has 0 atom stereocenters. The highest BCUT2D eigenvalue weighted by molar-refractivity contribution is 7.13. The number of carbonyl (C=O) groups excluding carboxylic acids is 1. The van der Waals surface area contributed by atoms with Crippen molar-refractivity contribution in [3.8, 4) is 0 Å². The second-order valence-corrected chi connectivity index (χ2v) is 4.53. The number of rotatable bonds is 6. The Balaban J connectivity index is 1.81. The summed E-state index contributed by atoms with van der Waals surface area (Å²) in [7, 11) is 0. The van der Waals surface area contributed by atoms with Gasteiger partial charge in [-0.3, -0.25) is 0 Å². The van der Waals surface area contributed by atoms with Crippen molar-refractivity contribution in [1.82, 2.24) is 15.1 Å². The van der Waals surface area contributed by atoms with E-state index in [9.17, 15) is 4.79 Å². The maximum absolute atomic E-state index is 11.4. The van der Waals surface area contributed by atoms with Crippen LogP contribution in [0.3, 0.4) is 0 Å². The lowest BCUT2D eigenvalue weighted by Crippen LogP contribution is -2.07. The molecule has 0 unspecified atom stereocenters. The Morgan fingerprint density at radius 3 is 3.05 bits per heavy atom. The van der Waals surface area contributed by atoms with Crippen LogP contribution in [0.15, 0.2) is 9.90 Å². The fourth-order valence-electron chi connectivity index (χ4n) is 1.37. The zero-order valence-electron chi connectivity index (χ0n) is 10.7. The Morgan fingerprint density at radius 1 is 1.53 bits per heavy atom. The molecule has 8 heteroatoms. The van der Waals surface area contributed by atoms with E-state index in [1.807, 2.05) is 0 Å². The van der Waals surface area contributed by atoms with Gasteiger partial charge in [0.15, 0.2) is 16.6 Å². The Hall–Kier alpha value is -1.96. The van der Waals surface area contributed by atoms with Crippen LogP contribution in [0.1, 0.15) is 29.1 Å². The van der Waals surface area contributed by atoms with Crippen molar-refractivity contribution >= 4 is 22.4 Å². The number of hydrogen-bond acceptors (Lipinski definition) is 8. The van der Waals surface area contributed by atoms with Gasteiger partial charge in [-0.05, 0) is 13.8 Å². The molecule has 1 N–H and O–H groups in total. The second kappa shape index (κ2) is 6.28. The first-order valence-electron chi connectivity index (χ1n) is 5.84. The molecule has 0 fully saturated rings. The molecule has 102 valence electrons. The van der Waals surface area contributed by atoms with E-state index in [4.69, 9.17) is 9.26 Å². The van der Waals surface area contributed by atoms with Crippen LogP contribution in [0, 0.1) is 6.92 Å². The highest BCUT2D eigenvalue weighted by Crippen LogP contribution is 2.16. The monoisotopic (exact) mass is 282 g/mol. The van der Waals surface area contributed by atoms with Crippen LogP contribution >= 0.6 is 11.3 Å². The molecule has 0 aliphatic carbocycles. The van der Waals surface area contributed by atoms with E-state index in [1.54, 1.807) is 19.2 Å². The standard InChI is InChI=1S/C11H14N4O3S/c1-3-17-10(16)8-6-19-11(14-8)12-5-4-9-13-7(2)15-18-9/h6H,3-5H2,1-2H3,(H,12,14). The third-order valence-electron chi connectivity index (χ3n) is 2.17. The van der Waals surface area contributed by atoms with Crippen molar-refractivity contribution in [2.75, 3.05) is 18.5 Å². The van der Waals surface area contributed by atoms with E-state index in [-0.39, 0.29) is 0 Å². The number of aromatic nitrogens is 3. The van der Waals surface area contributed by atoms with Crippen LogP contribution in [-0.4, -0.2) is 34.2 Å². The van der Waals surface area contributed by atoms with Gasteiger partial charge >= 0.3 is 5.97 Å². The number of aryl methyl sites for hydroxylation is 1. The van der Waals surface area contributed by atoms with Gasteiger partial charge in [0.2, 0.25) is 5.89 Å². The Morgan fingerprint density at radius 2 is 2.37 bits per heavy atom. The molecule has 19 heavy (non-hydrogen) atoms. The Kier molecular flexibility index (Phi) is 4.45. The lowest BCUT2D eigenvalue weighted by Gasteiger charge is -1.99.